The van der Waals surface area contributed by atoms with Crippen molar-refractivity contribution >= 4 is 67.8 Å². The van der Waals surface area contributed by atoms with Crippen molar-refractivity contribution in [2.24, 2.45) is 0 Å². The number of carbonyl (C=O) groups is 1. The molecule has 14 heavy (non-hydrogen) atoms. The summed E-state index contributed by atoms with van der Waals surface area (Å²) in [5, 5.41) is 8.02. The molecular weight excluding hydrogens is 239 g/mol. The molecule has 0 saturated heterocycles. The van der Waals surface area contributed by atoms with Gasteiger partial charge in [-0.15, -0.1) is 0 Å². The molecule has 3 N–H and O–H groups in total. The second kappa shape index (κ2) is 11.5. The van der Waals surface area contributed by atoms with Crippen LogP contribution in [-0.2, 0) is 15.2 Å². The fourth-order valence-corrected chi connectivity index (χ4v) is 0.249. The monoisotopic (exact) mass is 250 g/mol. The number of carboxylic acid groups (broad SMARTS) is 1. The molecule has 0 atom stereocenters. The fourth-order valence-electron chi connectivity index (χ4n) is 0.249. The van der Waals surface area contributed by atoms with Crippen LogP contribution < -0.4 is 0 Å². The molecular formula is C6H11KO6S. The molecule has 0 spiro atoms. The zero-order valence-corrected chi connectivity index (χ0v) is 7.60. The molecule has 0 heterocycles. The van der Waals surface area contributed by atoms with Crippen LogP contribution in [0.15, 0.2) is 24.3 Å². The molecule has 78 valence electrons. The van der Waals surface area contributed by atoms with Crippen LogP contribution in [0.5, 0.6) is 0 Å². The van der Waals surface area contributed by atoms with Gasteiger partial charge >= 0.3 is 67.8 Å². The first kappa shape index (κ1) is 19.9. The molecule has 0 radical (unpaired) electrons. The summed E-state index contributed by atoms with van der Waals surface area (Å²) in [5.74, 6) is -0.914. The molecule has 0 unspecified atom stereocenters. The minimum absolute atomic E-state index is 0. The summed E-state index contributed by atoms with van der Waals surface area (Å²) in [6.07, 6.45) is 5.98. The Hall–Kier alpha value is 0.456. The third-order valence-electron chi connectivity index (χ3n) is 0.542. The van der Waals surface area contributed by atoms with Gasteiger partial charge in [-0.3, -0.25) is 9.11 Å². The third kappa shape index (κ3) is 54.9. The Kier molecular flexibility index (Phi) is 16.4. The van der Waals surface area contributed by atoms with Crippen LogP contribution in [0.4, 0.5) is 0 Å². The first-order chi connectivity index (χ1) is 5.77. The van der Waals surface area contributed by atoms with Crippen molar-refractivity contribution in [3.63, 3.8) is 0 Å². The predicted octanol–water partition coefficient (Wildman–Crippen LogP) is -0.0980. The van der Waals surface area contributed by atoms with Crippen molar-refractivity contribution in [2.75, 3.05) is 0 Å². The summed E-state index contributed by atoms with van der Waals surface area (Å²) in [6, 6.07) is 0. The van der Waals surface area contributed by atoms with Gasteiger partial charge in [-0.05, 0) is 6.92 Å². The maximum absolute atomic E-state index is 9.75. The van der Waals surface area contributed by atoms with Gasteiger partial charge in [0.15, 0.2) is 0 Å². The minimum atomic E-state index is -4.67. The molecule has 0 fully saturated rings. The zero-order valence-electron chi connectivity index (χ0n) is 6.78. The number of rotatable bonds is 2. The normalized spacial score (nSPS) is 10.5. The van der Waals surface area contributed by atoms with Gasteiger partial charge in [0.25, 0.3) is 0 Å². The number of aliphatic carboxylic acids is 1. The molecule has 6 nitrogen and oxygen atoms in total. The molecule has 0 bridgehead atoms. The van der Waals surface area contributed by atoms with Crippen LogP contribution >= 0.6 is 0 Å². The van der Waals surface area contributed by atoms with E-state index in [1.54, 1.807) is 12.2 Å². The van der Waals surface area contributed by atoms with E-state index in [2.05, 4.69) is 0 Å². The van der Waals surface area contributed by atoms with Gasteiger partial charge in [0.2, 0.25) is 0 Å². The van der Waals surface area contributed by atoms with Gasteiger partial charge in [0, 0.05) is 6.08 Å². The first-order valence-electron chi connectivity index (χ1n) is 2.99. The summed E-state index contributed by atoms with van der Waals surface area (Å²) in [4.78, 5) is 9.75. The number of hydrogen-bond donors (Lipinski definition) is 3. The Morgan fingerprint density at radius 3 is 1.79 bits per heavy atom. The van der Waals surface area contributed by atoms with Gasteiger partial charge in [-0.1, -0.05) is 18.2 Å². The van der Waals surface area contributed by atoms with Gasteiger partial charge in [0.05, 0.1) is 0 Å². The predicted molar refractivity (Wildman–Crippen MR) is 52.9 cm³/mol. The van der Waals surface area contributed by atoms with E-state index < -0.39 is 16.4 Å². The van der Waals surface area contributed by atoms with Gasteiger partial charge in [0.1, 0.15) is 0 Å². The van der Waals surface area contributed by atoms with Crippen LogP contribution in [0, 0.1) is 0 Å². The van der Waals surface area contributed by atoms with E-state index in [-0.39, 0.29) is 51.4 Å². The Bertz CT molecular complexity index is 283. The van der Waals surface area contributed by atoms with Crippen LogP contribution in [0.2, 0.25) is 0 Å². The van der Waals surface area contributed by atoms with Gasteiger partial charge in [-0.2, -0.15) is 8.42 Å². The standard InChI is InChI=1S/C6H8O2.K.H2O4S.H/c1-2-3-4-5-6(7)8;;1-5(2,3)4;/h2-5H,1H3,(H,7,8);;(H2,1,2,3,4);/b3-2+,5-4+;;;. The molecule has 0 aromatic carbocycles. The van der Waals surface area contributed by atoms with E-state index in [1.807, 2.05) is 6.92 Å². The van der Waals surface area contributed by atoms with Crippen molar-refractivity contribution in [1.29, 1.82) is 0 Å². The van der Waals surface area contributed by atoms with E-state index in [0.29, 0.717) is 0 Å². The summed E-state index contributed by atoms with van der Waals surface area (Å²) in [5.41, 5.74) is 0. The molecule has 0 aliphatic heterocycles. The maximum atomic E-state index is 9.75. The Morgan fingerprint density at radius 2 is 1.57 bits per heavy atom. The number of allylic oxidation sites excluding steroid dienone is 3. The zero-order chi connectivity index (χ0) is 10.9. The molecule has 8 heteroatoms. The van der Waals surface area contributed by atoms with E-state index in [0.717, 1.165) is 6.08 Å². The van der Waals surface area contributed by atoms with Crippen LogP contribution in [0.1, 0.15) is 6.92 Å². The second-order valence-electron chi connectivity index (χ2n) is 1.67. The van der Waals surface area contributed by atoms with Crippen LogP contribution in [0.25, 0.3) is 0 Å². The Labute approximate surface area is 125 Å². The van der Waals surface area contributed by atoms with Crippen molar-refractivity contribution in [1.82, 2.24) is 0 Å². The van der Waals surface area contributed by atoms with Gasteiger partial charge in [-0.25, -0.2) is 4.79 Å². The number of carboxylic acids is 1. The van der Waals surface area contributed by atoms with Crippen molar-refractivity contribution in [2.45, 2.75) is 6.92 Å². The molecule has 0 aromatic rings. The van der Waals surface area contributed by atoms with Gasteiger partial charge < -0.3 is 5.11 Å². The topological polar surface area (TPSA) is 112 Å². The quantitative estimate of drug-likeness (QED) is 0.273. The summed E-state index contributed by atoms with van der Waals surface area (Å²) in [6.45, 7) is 1.83. The van der Waals surface area contributed by atoms with E-state index >= 15 is 0 Å². The van der Waals surface area contributed by atoms with E-state index in [4.69, 9.17) is 22.6 Å². The molecule has 0 aliphatic rings. The SMILES string of the molecule is C/C=C/C=C/C(=O)O.O=S(=O)(O)O.[KH]. The summed E-state index contributed by atoms with van der Waals surface area (Å²) >= 11 is 0. The van der Waals surface area contributed by atoms with Crippen molar-refractivity contribution < 1.29 is 27.4 Å². The second-order valence-corrected chi connectivity index (χ2v) is 2.57. The molecule has 0 aliphatic carbocycles. The van der Waals surface area contributed by atoms with Crippen LogP contribution in [0.3, 0.4) is 0 Å². The third-order valence-corrected chi connectivity index (χ3v) is 0.542. The fraction of sp³-hybridized carbons (Fsp3) is 0.167. The summed E-state index contributed by atoms with van der Waals surface area (Å²) < 4.78 is 31.6. The van der Waals surface area contributed by atoms with Crippen molar-refractivity contribution in [3.05, 3.63) is 24.3 Å². The average molecular weight is 250 g/mol. The summed E-state index contributed by atoms with van der Waals surface area (Å²) in [7, 11) is -4.67. The molecule has 0 amide bonds. The average Bonchev–Trinajstić information content (AvgIpc) is 1.83. The van der Waals surface area contributed by atoms with E-state index in [9.17, 15) is 4.79 Å². The molecule has 0 aromatic heterocycles. The molecule has 0 rings (SSSR count). The van der Waals surface area contributed by atoms with E-state index in [1.165, 1.54) is 6.08 Å². The molecule has 0 saturated carbocycles. The van der Waals surface area contributed by atoms with Crippen LogP contribution in [-0.4, -0.2) is 80.0 Å². The van der Waals surface area contributed by atoms with Crippen molar-refractivity contribution in [3.8, 4) is 0 Å². The Balaban J connectivity index is -0.000000177. The first-order valence-corrected chi connectivity index (χ1v) is 4.39. The number of hydrogen-bond acceptors (Lipinski definition) is 3. The Morgan fingerprint density at radius 1 is 1.21 bits per heavy atom.